The van der Waals surface area contributed by atoms with Crippen LogP contribution in [0.1, 0.15) is 17.3 Å². The molecule has 0 saturated heterocycles. The van der Waals surface area contributed by atoms with Gasteiger partial charge in [-0.2, -0.15) is 0 Å². The molecule has 9 heavy (non-hydrogen) atoms. The van der Waals surface area contributed by atoms with Crippen LogP contribution in [0, 0.1) is 0 Å². The van der Waals surface area contributed by atoms with Crippen molar-refractivity contribution in [1.82, 2.24) is 0 Å². The summed E-state index contributed by atoms with van der Waals surface area (Å²) >= 11 is 0. The predicted octanol–water partition coefficient (Wildman–Crippen LogP) is 1.89. The standard InChI is InChI=1S/C8H8O/c1-7(9)8-5-3-2-4-6-8/h2-6H,1H3/i1-1. The molecule has 0 bridgehead atoms. The Morgan fingerprint density at radius 2 is 1.78 bits per heavy atom. The summed E-state index contributed by atoms with van der Waals surface area (Å²) in [4.78, 5) is 10.6. The van der Waals surface area contributed by atoms with Gasteiger partial charge in [-0.3, -0.25) is 4.79 Å². The molecule has 0 saturated carbocycles. The summed E-state index contributed by atoms with van der Waals surface area (Å²) in [6.45, 7) is 1.56. The monoisotopic (exact) mass is 119 g/mol. The molecule has 0 radical (unpaired) electrons. The summed E-state index contributed by atoms with van der Waals surface area (Å²) in [7, 11) is 0. The van der Waals surface area contributed by atoms with Crippen molar-refractivity contribution in [1.29, 1.82) is 0 Å². The molecule has 1 nitrogen and oxygen atoms in total. The second-order valence-electron chi connectivity index (χ2n) is 1.92. The Bertz CT molecular complexity index is 201. The minimum Gasteiger partial charge on any atom is -0.295 e. The Morgan fingerprint density at radius 1 is 1.22 bits per heavy atom. The first kappa shape index (κ1) is 6.02. The zero-order valence-electron chi connectivity index (χ0n) is 5.29. The second-order valence-corrected chi connectivity index (χ2v) is 1.92. The molecule has 1 aromatic rings. The summed E-state index contributed by atoms with van der Waals surface area (Å²) in [6, 6.07) is 9.23. The van der Waals surface area contributed by atoms with Gasteiger partial charge in [0, 0.05) is 5.56 Å². The van der Waals surface area contributed by atoms with Crippen molar-refractivity contribution in [3.63, 3.8) is 0 Å². The van der Waals surface area contributed by atoms with Gasteiger partial charge in [-0.05, 0) is 6.92 Å². The van der Waals surface area contributed by atoms with Crippen molar-refractivity contribution in [3.8, 4) is 0 Å². The van der Waals surface area contributed by atoms with Gasteiger partial charge in [0.15, 0.2) is 5.78 Å². The molecule has 0 N–H and O–H groups in total. The number of hydrogen-bond acceptors (Lipinski definition) is 1. The third kappa shape index (κ3) is 1.39. The smallest absolute Gasteiger partial charge is 0.159 e. The maximum absolute atomic E-state index is 10.6. The third-order valence-corrected chi connectivity index (χ3v) is 1.18. The Labute approximate surface area is 54.3 Å². The first-order chi connectivity index (χ1) is 4.30. The van der Waals surface area contributed by atoms with Gasteiger partial charge < -0.3 is 0 Å². The van der Waals surface area contributed by atoms with E-state index in [1.807, 2.05) is 30.3 Å². The van der Waals surface area contributed by atoms with Gasteiger partial charge in [-0.15, -0.1) is 0 Å². The summed E-state index contributed by atoms with van der Waals surface area (Å²) in [5, 5.41) is 0. The lowest BCUT2D eigenvalue weighted by molar-refractivity contribution is 0.101. The normalized spacial score (nSPS) is 9.00. The van der Waals surface area contributed by atoms with Gasteiger partial charge in [0.2, 0.25) is 0 Å². The van der Waals surface area contributed by atoms with Crippen LogP contribution in [0.25, 0.3) is 0 Å². The number of rotatable bonds is 1. The van der Waals surface area contributed by atoms with Crippen LogP contribution < -0.4 is 0 Å². The highest BCUT2D eigenvalue weighted by Crippen LogP contribution is 1.97. The van der Waals surface area contributed by atoms with Gasteiger partial charge in [-0.1, -0.05) is 30.3 Å². The van der Waals surface area contributed by atoms with Crippen molar-refractivity contribution in [2.75, 3.05) is 0 Å². The largest absolute Gasteiger partial charge is 0.295 e. The molecule has 0 aliphatic rings. The molecular weight excluding hydrogens is 111 g/mol. The number of benzene rings is 1. The Morgan fingerprint density at radius 3 is 2.11 bits per heavy atom. The Kier molecular flexibility index (Phi) is 1.63. The predicted molar refractivity (Wildman–Crippen MR) is 36.4 cm³/mol. The molecule has 46 valence electrons. The molecule has 0 unspecified atom stereocenters. The zero-order valence-corrected chi connectivity index (χ0v) is 5.29. The first-order valence-corrected chi connectivity index (χ1v) is 2.86. The minimum atomic E-state index is 0.121. The van der Waals surface area contributed by atoms with Crippen molar-refractivity contribution < 1.29 is 4.79 Å². The quantitative estimate of drug-likeness (QED) is 0.516. The van der Waals surface area contributed by atoms with E-state index in [0.29, 0.717) is 0 Å². The van der Waals surface area contributed by atoms with Crippen LogP contribution in [0.4, 0.5) is 0 Å². The van der Waals surface area contributed by atoms with Gasteiger partial charge >= 0.3 is 0 Å². The lowest BCUT2D eigenvalue weighted by Gasteiger charge is -1.89. The van der Waals surface area contributed by atoms with Crippen molar-refractivity contribution in [3.05, 3.63) is 35.9 Å². The van der Waals surface area contributed by atoms with E-state index < -0.39 is 0 Å². The van der Waals surface area contributed by atoms with E-state index in [1.165, 1.54) is 0 Å². The lowest BCUT2D eigenvalue weighted by Crippen LogP contribution is -1.88. The van der Waals surface area contributed by atoms with Crippen LogP contribution in [-0.4, -0.2) is 5.78 Å². The molecule has 0 atom stereocenters. The van der Waals surface area contributed by atoms with Crippen molar-refractivity contribution in [2.24, 2.45) is 0 Å². The average molecular weight is 119 g/mol. The molecule has 1 heteroatoms. The Hall–Kier alpha value is -1.11. The van der Waals surface area contributed by atoms with Crippen molar-refractivity contribution in [2.45, 2.75) is 6.92 Å². The van der Waals surface area contributed by atoms with Crippen LogP contribution in [-0.2, 0) is 0 Å². The molecule has 0 heterocycles. The highest BCUT2D eigenvalue weighted by atomic mass is 16.1. The molecule has 0 aliphatic carbocycles. The fourth-order valence-corrected chi connectivity index (χ4v) is 0.673. The first-order valence-electron chi connectivity index (χ1n) is 2.86. The van der Waals surface area contributed by atoms with Gasteiger partial charge in [0.05, 0.1) is 0 Å². The van der Waals surface area contributed by atoms with Gasteiger partial charge in [-0.25, -0.2) is 0 Å². The maximum Gasteiger partial charge on any atom is 0.159 e. The van der Waals surface area contributed by atoms with E-state index in [2.05, 4.69) is 0 Å². The highest BCUT2D eigenvalue weighted by Gasteiger charge is 1.92. The number of hydrogen-bond donors (Lipinski definition) is 0. The fraction of sp³-hybridized carbons (Fsp3) is 0.125. The molecular formula is C8H8O. The van der Waals surface area contributed by atoms with Crippen LogP contribution in [0.2, 0.25) is 0 Å². The summed E-state index contributed by atoms with van der Waals surface area (Å²) in [6.07, 6.45) is 0. The summed E-state index contributed by atoms with van der Waals surface area (Å²) in [5.74, 6) is 0.121. The van der Waals surface area contributed by atoms with Gasteiger partial charge in [0.1, 0.15) is 0 Å². The summed E-state index contributed by atoms with van der Waals surface area (Å²) < 4.78 is 0. The van der Waals surface area contributed by atoms with E-state index in [-0.39, 0.29) is 5.78 Å². The lowest BCUT2D eigenvalue weighted by atomic mass is 10.0. The van der Waals surface area contributed by atoms with E-state index >= 15 is 0 Å². The zero-order chi connectivity index (χ0) is 6.69. The van der Waals surface area contributed by atoms with Crippen LogP contribution in [0.3, 0.4) is 0 Å². The number of Topliss-reactive ketones (excluding diaryl/α,β-unsaturated/α-hetero) is 1. The molecule has 0 aliphatic heterocycles. The Balaban J connectivity index is 2.98. The topological polar surface area (TPSA) is 17.1 Å². The van der Waals surface area contributed by atoms with E-state index in [4.69, 9.17) is 0 Å². The second kappa shape index (κ2) is 2.44. The summed E-state index contributed by atoms with van der Waals surface area (Å²) in [5.41, 5.74) is 0.775. The van der Waals surface area contributed by atoms with Crippen LogP contribution in [0.15, 0.2) is 30.3 Å². The molecule has 0 amide bonds. The number of carbonyl (C=O) groups is 1. The molecule has 0 spiro atoms. The molecule has 1 aromatic carbocycles. The minimum absolute atomic E-state index is 0.121. The van der Waals surface area contributed by atoms with Crippen molar-refractivity contribution >= 4 is 5.78 Å². The average Bonchev–Trinajstić information content (AvgIpc) is 1.90. The molecule has 0 aromatic heterocycles. The number of carbonyl (C=O) groups excluding carboxylic acids is 1. The molecule has 1 rings (SSSR count). The van der Waals surface area contributed by atoms with Crippen LogP contribution in [0.5, 0.6) is 0 Å². The maximum atomic E-state index is 10.6. The highest BCUT2D eigenvalue weighted by molar-refractivity contribution is 5.93. The van der Waals surface area contributed by atoms with E-state index in [1.54, 1.807) is 6.92 Å². The fourth-order valence-electron chi connectivity index (χ4n) is 0.673. The third-order valence-electron chi connectivity index (χ3n) is 1.18. The number of ketones is 1. The van der Waals surface area contributed by atoms with E-state index in [0.717, 1.165) is 5.56 Å². The molecule has 0 fully saturated rings. The van der Waals surface area contributed by atoms with Crippen LogP contribution >= 0.6 is 0 Å². The van der Waals surface area contributed by atoms with Gasteiger partial charge in [0.25, 0.3) is 0 Å². The SMILES string of the molecule is [11CH3]C(=O)c1ccccc1. The van der Waals surface area contributed by atoms with E-state index in [9.17, 15) is 4.79 Å².